The smallest absolute Gasteiger partial charge is 0.230 e. The third-order valence-corrected chi connectivity index (χ3v) is 8.65. The highest BCUT2D eigenvalue weighted by Crippen LogP contribution is 2.61. The van der Waals surface area contributed by atoms with Crippen molar-refractivity contribution in [1.82, 2.24) is 25.1 Å². The summed E-state index contributed by atoms with van der Waals surface area (Å²) in [7, 11) is 0. The lowest BCUT2D eigenvalue weighted by molar-refractivity contribution is -0.123. The van der Waals surface area contributed by atoms with E-state index in [1.807, 2.05) is 22.8 Å². The van der Waals surface area contributed by atoms with Gasteiger partial charge in [0.25, 0.3) is 0 Å². The minimum atomic E-state index is 0.0897. The van der Waals surface area contributed by atoms with E-state index < -0.39 is 0 Å². The topological polar surface area (TPSA) is 72.7 Å². The van der Waals surface area contributed by atoms with Gasteiger partial charge in [0.15, 0.2) is 11.0 Å². The number of aromatic nitrogens is 4. The molecule has 1 N–H and O–H groups in total. The van der Waals surface area contributed by atoms with Gasteiger partial charge in [-0.3, -0.25) is 14.3 Å². The molecule has 2 aromatic heterocycles. The van der Waals surface area contributed by atoms with E-state index in [0.29, 0.717) is 17.7 Å². The van der Waals surface area contributed by atoms with Crippen LogP contribution in [0.4, 0.5) is 0 Å². The van der Waals surface area contributed by atoms with E-state index in [0.717, 1.165) is 34.3 Å². The van der Waals surface area contributed by atoms with E-state index >= 15 is 0 Å². The molecule has 4 aliphatic rings. The van der Waals surface area contributed by atoms with Crippen LogP contribution in [0.5, 0.6) is 0 Å². The van der Waals surface area contributed by atoms with E-state index in [2.05, 4.69) is 34.0 Å². The molecule has 2 heterocycles. The maximum atomic E-state index is 12.8. The summed E-state index contributed by atoms with van der Waals surface area (Å²) in [5.41, 5.74) is 1.28. The Morgan fingerprint density at radius 2 is 1.87 bits per heavy atom. The summed E-state index contributed by atoms with van der Waals surface area (Å²) in [5, 5.41) is 12.8. The Kier molecular flexibility index (Phi) is 5.63. The highest BCUT2D eigenvalue weighted by atomic mass is 32.2. The Morgan fingerprint density at radius 1 is 1.23 bits per heavy atom. The lowest BCUT2D eigenvalue weighted by Gasteiger charge is -2.59. The van der Waals surface area contributed by atoms with Crippen LogP contribution in [0.3, 0.4) is 0 Å². The molecule has 4 bridgehead atoms. The van der Waals surface area contributed by atoms with Crippen molar-refractivity contribution in [3.05, 3.63) is 37.2 Å². The van der Waals surface area contributed by atoms with Crippen LogP contribution >= 0.6 is 11.8 Å². The predicted molar refractivity (Wildman–Crippen MR) is 122 cm³/mol. The molecule has 0 radical (unpaired) electrons. The quantitative estimate of drug-likeness (QED) is 0.491. The molecule has 31 heavy (non-hydrogen) atoms. The number of thioether (sulfide) groups is 1. The summed E-state index contributed by atoms with van der Waals surface area (Å²) in [5.74, 6) is 3.89. The monoisotopic (exact) mass is 437 g/mol. The minimum Gasteiger partial charge on any atom is -0.352 e. The average Bonchev–Trinajstić information content (AvgIpc) is 3.15. The van der Waals surface area contributed by atoms with Crippen LogP contribution in [0.2, 0.25) is 0 Å². The second-order valence-electron chi connectivity index (χ2n) is 9.80. The Bertz CT molecular complexity index is 921. The van der Waals surface area contributed by atoms with Crippen molar-refractivity contribution in [3.8, 4) is 11.4 Å². The zero-order valence-electron chi connectivity index (χ0n) is 18.2. The van der Waals surface area contributed by atoms with Gasteiger partial charge < -0.3 is 5.32 Å². The van der Waals surface area contributed by atoms with Crippen molar-refractivity contribution in [2.24, 2.45) is 23.2 Å². The number of hydrogen-bond acceptors (Lipinski definition) is 5. The molecule has 4 saturated carbocycles. The highest BCUT2D eigenvalue weighted by molar-refractivity contribution is 7.99. The van der Waals surface area contributed by atoms with E-state index in [-0.39, 0.29) is 11.9 Å². The molecule has 0 aromatic carbocycles. The lowest BCUT2D eigenvalue weighted by atomic mass is 9.48. The zero-order valence-corrected chi connectivity index (χ0v) is 19.0. The van der Waals surface area contributed by atoms with Gasteiger partial charge in [-0.05, 0) is 80.8 Å². The molecule has 0 saturated heterocycles. The molecule has 2 aromatic rings. The number of allylic oxidation sites excluding steroid dienone is 1. The SMILES string of the molecule is C=CCn1c(SCC(=O)NC(C)C23CC4CC(CC(C4)C2)C3)nnc1-c1ccncc1. The lowest BCUT2D eigenvalue weighted by Crippen LogP contribution is -2.56. The fraction of sp³-hybridized carbons (Fsp3) is 0.583. The summed E-state index contributed by atoms with van der Waals surface area (Å²) < 4.78 is 2.00. The van der Waals surface area contributed by atoms with Gasteiger partial charge in [0.2, 0.25) is 5.91 Å². The van der Waals surface area contributed by atoms with Gasteiger partial charge in [0, 0.05) is 30.5 Å². The van der Waals surface area contributed by atoms with Crippen LogP contribution < -0.4 is 5.32 Å². The normalized spacial score (nSPS) is 29.6. The van der Waals surface area contributed by atoms with Crippen LogP contribution in [-0.4, -0.2) is 37.5 Å². The number of nitrogens with zero attached hydrogens (tertiary/aromatic N) is 4. The molecule has 1 atom stereocenters. The van der Waals surface area contributed by atoms with E-state index in [1.165, 1.54) is 50.3 Å². The van der Waals surface area contributed by atoms with Gasteiger partial charge >= 0.3 is 0 Å². The van der Waals surface area contributed by atoms with Crippen molar-refractivity contribution in [2.75, 3.05) is 5.75 Å². The molecule has 7 heteroatoms. The van der Waals surface area contributed by atoms with Gasteiger partial charge in [-0.25, -0.2) is 0 Å². The fourth-order valence-corrected chi connectivity index (χ4v) is 7.44. The Hall–Kier alpha value is -2.15. The number of carbonyl (C=O) groups is 1. The fourth-order valence-electron chi connectivity index (χ4n) is 6.68. The largest absolute Gasteiger partial charge is 0.352 e. The molecule has 4 aliphatic carbocycles. The molecule has 164 valence electrons. The van der Waals surface area contributed by atoms with Crippen LogP contribution in [0.1, 0.15) is 45.4 Å². The molecule has 1 amide bonds. The zero-order chi connectivity index (χ0) is 21.4. The van der Waals surface area contributed by atoms with Crippen LogP contribution in [-0.2, 0) is 11.3 Å². The third kappa shape index (κ3) is 4.04. The first kappa shape index (κ1) is 20.7. The van der Waals surface area contributed by atoms with Crippen LogP contribution in [0, 0.1) is 23.2 Å². The molecule has 6 nitrogen and oxygen atoms in total. The summed E-state index contributed by atoms with van der Waals surface area (Å²) in [6, 6.07) is 4.07. The number of pyridine rings is 1. The van der Waals surface area contributed by atoms with Gasteiger partial charge in [0.1, 0.15) is 0 Å². The molecule has 0 spiro atoms. The van der Waals surface area contributed by atoms with E-state index in [1.54, 1.807) is 12.4 Å². The predicted octanol–water partition coefficient (Wildman–Crippen LogP) is 4.34. The maximum absolute atomic E-state index is 12.8. The Labute approximate surface area is 188 Å². The highest BCUT2D eigenvalue weighted by Gasteiger charge is 2.53. The van der Waals surface area contributed by atoms with Crippen molar-refractivity contribution in [1.29, 1.82) is 0 Å². The Morgan fingerprint density at radius 3 is 2.48 bits per heavy atom. The van der Waals surface area contributed by atoms with Gasteiger partial charge in [-0.1, -0.05) is 17.8 Å². The Balaban J connectivity index is 1.23. The number of carbonyl (C=O) groups excluding carboxylic acids is 1. The molecule has 0 aliphatic heterocycles. The maximum Gasteiger partial charge on any atom is 0.230 e. The second kappa shape index (κ2) is 8.41. The molecular formula is C24H31N5OS. The first-order valence-corrected chi connectivity index (χ1v) is 12.4. The molecule has 1 unspecified atom stereocenters. The van der Waals surface area contributed by atoms with Crippen molar-refractivity contribution in [2.45, 2.75) is 63.2 Å². The average molecular weight is 438 g/mol. The van der Waals surface area contributed by atoms with Crippen LogP contribution in [0.25, 0.3) is 11.4 Å². The number of nitrogens with one attached hydrogen (secondary N) is 1. The second-order valence-corrected chi connectivity index (χ2v) is 10.7. The summed E-state index contributed by atoms with van der Waals surface area (Å²) in [6.07, 6.45) is 13.5. The number of hydrogen-bond donors (Lipinski definition) is 1. The standard InChI is InChI=1S/C24H31N5OS/c1-3-8-29-22(20-4-6-25-7-5-20)27-28-23(29)31-15-21(30)26-16(2)24-12-17-9-18(13-24)11-19(10-17)14-24/h3-7,16-19H,1,8-15H2,2H3,(H,26,30). The molecular weight excluding hydrogens is 406 g/mol. The van der Waals surface area contributed by atoms with Gasteiger partial charge in [0.05, 0.1) is 5.75 Å². The first-order valence-electron chi connectivity index (χ1n) is 11.4. The van der Waals surface area contributed by atoms with Gasteiger partial charge in [-0.15, -0.1) is 16.8 Å². The summed E-state index contributed by atoms with van der Waals surface area (Å²) in [6.45, 7) is 6.69. The number of amides is 1. The van der Waals surface area contributed by atoms with Crippen molar-refractivity contribution in [3.63, 3.8) is 0 Å². The van der Waals surface area contributed by atoms with E-state index in [4.69, 9.17) is 0 Å². The molecule has 4 fully saturated rings. The third-order valence-electron chi connectivity index (χ3n) is 7.68. The van der Waals surface area contributed by atoms with E-state index in [9.17, 15) is 4.79 Å². The van der Waals surface area contributed by atoms with Crippen LogP contribution in [0.15, 0.2) is 42.3 Å². The summed E-state index contributed by atoms with van der Waals surface area (Å²) >= 11 is 1.44. The van der Waals surface area contributed by atoms with Crippen molar-refractivity contribution >= 4 is 17.7 Å². The van der Waals surface area contributed by atoms with Gasteiger partial charge in [-0.2, -0.15) is 0 Å². The molecule has 6 rings (SSSR count). The number of rotatable bonds is 8. The van der Waals surface area contributed by atoms with Crippen molar-refractivity contribution < 1.29 is 4.79 Å². The summed E-state index contributed by atoms with van der Waals surface area (Å²) in [4.78, 5) is 16.9. The first-order chi connectivity index (χ1) is 15.1. The minimum absolute atomic E-state index is 0.0897.